The zero-order valence-corrected chi connectivity index (χ0v) is 16.2. The van der Waals surface area contributed by atoms with Crippen LogP contribution >= 0.6 is 0 Å². The van der Waals surface area contributed by atoms with Crippen LogP contribution in [0.1, 0.15) is 39.3 Å². The predicted molar refractivity (Wildman–Crippen MR) is 112 cm³/mol. The van der Waals surface area contributed by atoms with Crippen molar-refractivity contribution in [2.45, 2.75) is 26.2 Å². The number of Topliss-reactive ketones (excluding diaryl/α,β-unsaturated/α-hetero) is 2. The highest BCUT2D eigenvalue weighted by atomic mass is 16.1. The molecule has 2 N–H and O–H groups in total. The number of allylic oxidation sites excluding steroid dienone is 1. The van der Waals surface area contributed by atoms with Gasteiger partial charge in [-0.2, -0.15) is 0 Å². The van der Waals surface area contributed by atoms with Gasteiger partial charge in [0.15, 0.2) is 5.78 Å². The quantitative estimate of drug-likeness (QED) is 0.470. The fraction of sp³-hybridized carbons (Fsp3) is 0.174. The highest BCUT2D eigenvalue weighted by molar-refractivity contribution is 5.96. The first-order valence-electron chi connectivity index (χ1n) is 9.28. The van der Waals surface area contributed by atoms with E-state index in [1.54, 1.807) is 49.1 Å². The molecule has 0 saturated heterocycles. The average molecular weight is 386 g/mol. The van der Waals surface area contributed by atoms with Gasteiger partial charge in [-0.1, -0.05) is 24.3 Å². The number of hydrogen-bond acceptors (Lipinski definition) is 6. The van der Waals surface area contributed by atoms with Gasteiger partial charge in [0, 0.05) is 43.5 Å². The van der Waals surface area contributed by atoms with E-state index in [-0.39, 0.29) is 24.4 Å². The number of nitrogens with zero attached hydrogens (tertiary/aromatic N) is 3. The molecule has 0 saturated carbocycles. The minimum atomic E-state index is -0.106. The highest BCUT2D eigenvalue weighted by Gasteiger charge is 2.11. The Labute approximate surface area is 169 Å². The molecule has 0 aliphatic rings. The molecule has 0 fully saturated rings. The monoisotopic (exact) mass is 386 g/mol. The fourth-order valence-electron chi connectivity index (χ4n) is 2.84. The van der Waals surface area contributed by atoms with Gasteiger partial charge in [0.1, 0.15) is 11.5 Å². The number of nitrogens with two attached hydrogens (primary N) is 1. The number of hydrogen-bond donors (Lipinski definition) is 1. The zero-order chi connectivity index (χ0) is 20.6. The van der Waals surface area contributed by atoms with Gasteiger partial charge >= 0.3 is 0 Å². The smallest absolute Gasteiger partial charge is 0.185 e. The van der Waals surface area contributed by atoms with Crippen molar-refractivity contribution < 1.29 is 9.59 Å². The van der Waals surface area contributed by atoms with Crippen molar-refractivity contribution in [2.24, 2.45) is 0 Å². The van der Waals surface area contributed by atoms with Crippen LogP contribution in [0, 0.1) is 6.92 Å². The second-order valence-electron chi connectivity index (χ2n) is 6.81. The van der Waals surface area contributed by atoms with Crippen LogP contribution in [-0.4, -0.2) is 26.5 Å². The van der Waals surface area contributed by atoms with Crippen molar-refractivity contribution in [3.05, 3.63) is 89.3 Å². The maximum atomic E-state index is 12.5. The number of aryl methyl sites for hydroxylation is 1. The summed E-state index contributed by atoms with van der Waals surface area (Å²) in [6.45, 7) is 1.95. The molecule has 0 unspecified atom stereocenters. The lowest BCUT2D eigenvalue weighted by Gasteiger charge is -2.06. The maximum Gasteiger partial charge on any atom is 0.185 e. The predicted octanol–water partition coefficient (Wildman–Crippen LogP) is 3.40. The molecule has 6 heteroatoms. The van der Waals surface area contributed by atoms with Gasteiger partial charge in [-0.05, 0) is 41.8 Å². The molecule has 0 aliphatic carbocycles. The van der Waals surface area contributed by atoms with Gasteiger partial charge in [0.25, 0.3) is 0 Å². The first-order valence-corrected chi connectivity index (χ1v) is 9.28. The molecule has 2 heterocycles. The number of benzene rings is 1. The third-order valence-corrected chi connectivity index (χ3v) is 4.38. The van der Waals surface area contributed by atoms with Crippen molar-refractivity contribution >= 4 is 23.3 Å². The van der Waals surface area contributed by atoms with Gasteiger partial charge in [0.05, 0.1) is 11.9 Å². The third-order valence-electron chi connectivity index (χ3n) is 4.38. The number of ketones is 2. The normalized spacial score (nSPS) is 10.9. The molecule has 0 bridgehead atoms. The van der Waals surface area contributed by atoms with E-state index in [1.165, 1.54) is 0 Å². The molecule has 0 spiro atoms. The van der Waals surface area contributed by atoms with E-state index < -0.39 is 0 Å². The zero-order valence-electron chi connectivity index (χ0n) is 16.2. The van der Waals surface area contributed by atoms with Crippen LogP contribution in [0.15, 0.2) is 61.2 Å². The van der Waals surface area contributed by atoms with Crippen molar-refractivity contribution in [2.75, 3.05) is 5.73 Å². The number of carbonyl (C=O) groups excluding carboxylic acids is 2. The van der Waals surface area contributed by atoms with E-state index >= 15 is 0 Å². The SMILES string of the molecule is Cc1ccc(CC(=O)c2ccc(CC(=O)C/C=C/c3cnccn3)cn2)c(N)c1. The number of pyridine rings is 1. The van der Waals surface area contributed by atoms with Crippen LogP contribution in [0.25, 0.3) is 6.08 Å². The van der Waals surface area contributed by atoms with E-state index in [0.717, 1.165) is 16.7 Å². The molecule has 6 nitrogen and oxygen atoms in total. The van der Waals surface area contributed by atoms with Crippen molar-refractivity contribution in [1.29, 1.82) is 0 Å². The first-order chi connectivity index (χ1) is 14.0. The molecule has 0 amide bonds. The fourth-order valence-corrected chi connectivity index (χ4v) is 2.84. The minimum Gasteiger partial charge on any atom is -0.398 e. The summed E-state index contributed by atoms with van der Waals surface area (Å²) in [5.41, 5.74) is 10.3. The number of rotatable bonds is 8. The molecule has 146 valence electrons. The number of anilines is 1. The summed E-state index contributed by atoms with van der Waals surface area (Å²) in [5, 5.41) is 0. The average Bonchev–Trinajstić information content (AvgIpc) is 2.71. The van der Waals surface area contributed by atoms with Crippen molar-refractivity contribution in [1.82, 2.24) is 15.0 Å². The molecule has 2 aromatic heterocycles. The van der Waals surface area contributed by atoms with Crippen LogP contribution in [0.5, 0.6) is 0 Å². The van der Waals surface area contributed by atoms with Crippen LogP contribution in [0.4, 0.5) is 5.69 Å². The first kappa shape index (κ1) is 20.1. The standard InChI is InChI=1S/C23H22N4O2/c1-16-5-7-18(21(24)11-16)13-23(29)22-8-6-17(14-27-22)12-20(28)4-2-3-19-15-25-9-10-26-19/h2-3,5-11,14-15H,4,12-13,24H2,1H3/b3-2+. The van der Waals surface area contributed by atoms with Crippen LogP contribution < -0.4 is 5.73 Å². The lowest BCUT2D eigenvalue weighted by molar-refractivity contribution is -0.117. The summed E-state index contributed by atoms with van der Waals surface area (Å²) in [4.78, 5) is 36.9. The second-order valence-corrected chi connectivity index (χ2v) is 6.81. The summed E-state index contributed by atoms with van der Waals surface area (Å²) in [5.74, 6) is -0.0521. The van der Waals surface area contributed by atoms with Crippen LogP contribution in [0.3, 0.4) is 0 Å². The van der Waals surface area contributed by atoms with Crippen molar-refractivity contribution in [3.8, 4) is 0 Å². The van der Waals surface area contributed by atoms with Gasteiger partial charge in [-0.3, -0.25) is 24.5 Å². The van der Waals surface area contributed by atoms with Gasteiger partial charge in [-0.15, -0.1) is 0 Å². The molecular formula is C23H22N4O2. The van der Waals surface area contributed by atoms with E-state index in [9.17, 15) is 9.59 Å². The number of carbonyl (C=O) groups is 2. The highest BCUT2D eigenvalue weighted by Crippen LogP contribution is 2.16. The molecule has 29 heavy (non-hydrogen) atoms. The number of nitrogen functional groups attached to an aromatic ring is 1. The molecule has 3 aromatic rings. The Kier molecular flexibility index (Phi) is 6.58. The Morgan fingerprint density at radius 1 is 1.03 bits per heavy atom. The molecule has 3 rings (SSSR count). The lowest BCUT2D eigenvalue weighted by atomic mass is 10.0. The third kappa shape index (κ3) is 5.90. The molecule has 0 aliphatic heterocycles. The van der Waals surface area contributed by atoms with Crippen molar-refractivity contribution in [3.63, 3.8) is 0 Å². The minimum absolute atomic E-state index is 0.0541. The van der Waals surface area contributed by atoms with E-state index in [4.69, 9.17) is 5.73 Å². The molecule has 1 aromatic carbocycles. The van der Waals surface area contributed by atoms with E-state index in [0.29, 0.717) is 23.5 Å². The maximum absolute atomic E-state index is 12.5. The van der Waals surface area contributed by atoms with Crippen LogP contribution in [0.2, 0.25) is 0 Å². The Hall–Kier alpha value is -3.67. The lowest BCUT2D eigenvalue weighted by Crippen LogP contribution is -2.09. The Morgan fingerprint density at radius 2 is 1.90 bits per heavy atom. The van der Waals surface area contributed by atoms with E-state index in [1.807, 2.05) is 25.1 Å². The largest absolute Gasteiger partial charge is 0.398 e. The van der Waals surface area contributed by atoms with Gasteiger partial charge in [-0.25, -0.2) is 0 Å². The van der Waals surface area contributed by atoms with Gasteiger partial charge in [0.2, 0.25) is 0 Å². The summed E-state index contributed by atoms with van der Waals surface area (Å²) in [7, 11) is 0. The van der Waals surface area contributed by atoms with Gasteiger partial charge < -0.3 is 5.73 Å². The number of aromatic nitrogens is 3. The molecule has 0 radical (unpaired) electrons. The summed E-state index contributed by atoms with van der Waals surface area (Å²) in [6, 6.07) is 9.07. The second kappa shape index (κ2) is 9.50. The van der Waals surface area contributed by atoms with Crippen LogP contribution in [-0.2, 0) is 17.6 Å². The Morgan fingerprint density at radius 3 is 2.59 bits per heavy atom. The summed E-state index contributed by atoms with van der Waals surface area (Å²) in [6.07, 6.45) is 10.7. The topological polar surface area (TPSA) is 98.8 Å². The Bertz CT molecular complexity index is 1030. The Balaban J connectivity index is 1.54. The molecular weight excluding hydrogens is 364 g/mol. The summed E-state index contributed by atoms with van der Waals surface area (Å²) < 4.78 is 0. The van der Waals surface area contributed by atoms with E-state index in [2.05, 4.69) is 15.0 Å². The summed E-state index contributed by atoms with van der Waals surface area (Å²) >= 11 is 0. The molecule has 0 atom stereocenters.